The Hall–Kier alpha value is -1.25. The highest BCUT2D eigenvalue weighted by atomic mass is 35.5. The number of hydrogen-bond acceptors (Lipinski definition) is 2. The zero-order chi connectivity index (χ0) is 12.5. The van der Waals surface area contributed by atoms with Crippen LogP contribution in [0.25, 0.3) is 0 Å². The van der Waals surface area contributed by atoms with E-state index in [2.05, 4.69) is 36.0 Å². The van der Waals surface area contributed by atoms with Crippen LogP contribution < -0.4 is 0 Å². The van der Waals surface area contributed by atoms with Crippen molar-refractivity contribution in [2.24, 2.45) is 4.99 Å². The molecule has 0 saturated carbocycles. The molecule has 3 rings (SSSR count). The van der Waals surface area contributed by atoms with E-state index >= 15 is 0 Å². The lowest BCUT2D eigenvalue weighted by molar-refractivity contribution is 0.854. The number of thioether (sulfide) groups is 1. The molecule has 90 valence electrons. The van der Waals surface area contributed by atoms with Crippen LogP contribution in [0.15, 0.2) is 52.4 Å². The summed E-state index contributed by atoms with van der Waals surface area (Å²) in [7, 11) is 0. The number of rotatable bonds is 1. The van der Waals surface area contributed by atoms with E-state index in [9.17, 15) is 0 Å². The predicted octanol–water partition coefficient (Wildman–Crippen LogP) is 4.74. The standard InChI is InChI=1S/C15H12ClNS/c1-17-15-10-6-4-7-13(16)12(10)9-18-14-8-3-2-5-11(14)15/h2-8,15H,1,9H2. The highest BCUT2D eigenvalue weighted by Gasteiger charge is 2.23. The van der Waals surface area contributed by atoms with Gasteiger partial charge in [-0.25, -0.2) is 0 Å². The smallest absolute Gasteiger partial charge is 0.101 e. The molecule has 0 aliphatic carbocycles. The first-order valence-electron chi connectivity index (χ1n) is 5.76. The summed E-state index contributed by atoms with van der Waals surface area (Å²) < 4.78 is 0. The lowest BCUT2D eigenvalue weighted by Gasteiger charge is -2.15. The molecule has 0 saturated heterocycles. The Kier molecular flexibility index (Phi) is 3.14. The normalized spacial score (nSPS) is 17.5. The average molecular weight is 274 g/mol. The van der Waals surface area contributed by atoms with Crippen molar-refractivity contribution in [1.29, 1.82) is 0 Å². The second-order valence-corrected chi connectivity index (χ2v) is 5.64. The Labute approximate surface area is 116 Å². The monoisotopic (exact) mass is 273 g/mol. The van der Waals surface area contributed by atoms with Gasteiger partial charge in [-0.1, -0.05) is 41.9 Å². The molecule has 2 aromatic carbocycles. The van der Waals surface area contributed by atoms with Crippen LogP contribution in [0.3, 0.4) is 0 Å². The van der Waals surface area contributed by atoms with E-state index in [0.717, 1.165) is 10.8 Å². The maximum absolute atomic E-state index is 6.30. The van der Waals surface area contributed by atoms with Crippen LogP contribution in [-0.4, -0.2) is 6.72 Å². The van der Waals surface area contributed by atoms with Crippen molar-refractivity contribution in [3.05, 3.63) is 64.2 Å². The highest BCUT2D eigenvalue weighted by molar-refractivity contribution is 7.98. The average Bonchev–Trinajstić information content (AvgIpc) is 2.56. The van der Waals surface area contributed by atoms with Crippen molar-refractivity contribution in [2.75, 3.05) is 0 Å². The minimum absolute atomic E-state index is 0.00935. The second kappa shape index (κ2) is 4.79. The quantitative estimate of drug-likeness (QED) is 0.684. The van der Waals surface area contributed by atoms with E-state index < -0.39 is 0 Å². The Bertz CT molecular complexity index is 609. The zero-order valence-corrected chi connectivity index (χ0v) is 11.3. The molecule has 3 heteroatoms. The molecule has 1 aliphatic heterocycles. The van der Waals surface area contributed by atoms with Crippen LogP contribution in [-0.2, 0) is 5.75 Å². The van der Waals surface area contributed by atoms with Crippen molar-refractivity contribution in [2.45, 2.75) is 16.7 Å². The molecule has 0 bridgehead atoms. The fourth-order valence-electron chi connectivity index (χ4n) is 2.34. The fourth-order valence-corrected chi connectivity index (χ4v) is 3.81. The Morgan fingerprint density at radius 1 is 1.11 bits per heavy atom. The van der Waals surface area contributed by atoms with E-state index in [1.165, 1.54) is 21.6 Å². The van der Waals surface area contributed by atoms with Crippen LogP contribution in [0, 0.1) is 0 Å². The van der Waals surface area contributed by atoms with Crippen molar-refractivity contribution in [3.8, 4) is 0 Å². The molecule has 1 nitrogen and oxygen atoms in total. The van der Waals surface area contributed by atoms with Gasteiger partial charge in [0.15, 0.2) is 0 Å². The summed E-state index contributed by atoms with van der Waals surface area (Å²) in [4.78, 5) is 5.58. The summed E-state index contributed by atoms with van der Waals surface area (Å²) in [5, 5.41) is 0.821. The van der Waals surface area contributed by atoms with E-state index in [4.69, 9.17) is 11.6 Å². The molecule has 0 amide bonds. The molecule has 0 N–H and O–H groups in total. The molecule has 0 fully saturated rings. The highest BCUT2D eigenvalue weighted by Crippen LogP contribution is 2.42. The molecule has 1 unspecified atom stereocenters. The molecule has 2 aromatic rings. The van der Waals surface area contributed by atoms with Crippen molar-refractivity contribution in [1.82, 2.24) is 0 Å². The number of aliphatic imine (C=N–C) groups is 1. The van der Waals surface area contributed by atoms with Gasteiger partial charge in [0.25, 0.3) is 0 Å². The number of hydrogen-bond donors (Lipinski definition) is 0. The molecular weight excluding hydrogens is 262 g/mol. The van der Waals surface area contributed by atoms with Gasteiger partial charge in [-0.15, -0.1) is 11.8 Å². The summed E-state index contributed by atoms with van der Waals surface area (Å²) >= 11 is 8.12. The third-order valence-electron chi connectivity index (χ3n) is 3.22. The number of halogens is 1. The van der Waals surface area contributed by atoms with Gasteiger partial charge in [0, 0.05) is 15.7 Å². The van der Waals surface area contributed by atoms with Crippen molar-refractivity contribution in [3.63, 3.8) is 0 Å². The molecule has 1 heterocycles. The Morgan fingerprint density at radius 2 is 1.89 bits per heavy atom. The van der Waals surface area contributed by atoms with Gasteiger partial charge in [-0.3, -0.25) is 4.99 Å². The summed E-state index contributed by atoms with van der Waals surface area (Å²) in [6.07, 6.45) is 0. The SMILES string of the molecule is C=NC1c2ccccc2SCc2c(Cl)cccc21. The minimum Gasteiger partial charge on any atom is -0.288 e. The lowest BCUT2D eigenvalue weighted by Crippen LogP contribution is -2.00. The lowest BCUT2D eigenvalue weighted by atomic mass is 9.95. The van der Waals surface area contributed by atoms with Gasteiger partial charge < -0.3 is 0 Å². The van der Waals surface area contributed by atoms with Gasteiger partial charge >= 0.3 is 0 Å². The maximum atomic E-state index is 6.30. The van der Waals surface area contributed by atoms with Crippen LogP contribution in [0.2, 0.25) is 5.02 Å². The number of nitrogens with zero attached hydrogens (tertiary/aromatic N) is 1. The van der Waals surface area contributed by atoms with E-state index in [-0.39, 0.29) is 6.04 Å². The van der Waals surface area contributed by atoms with E-state index in [1.54, 1.807) is 0 Å². The fraction of sp³-hybridized carbons (Fsp3) is 0.133. The Balaban J connectivity index is 2.24. The first-order chi connectivity index (χ1) is 8.81. The summed E-state index contributed by atoms with van der Waals surface area (Å²) in [5.74, 6) is 0.887. The third kappa shape index (κ3) is 1.86. The van der Waals surface area contributed by atoms with E-state index in [1.807, 2.05) is 30.0 Å². The van der Waals surface area contributed by atoms with E-state index in [0.29, 0.717) is 0 Å². The Morgan fingerprint density at radius 3 is 2.72 bits per heavy atom. The number of benzene rings is 2. The van der Waals surface area contributed by atoms with Crippen LogP contribution in [0.4, 0.5) is 0 Å². The van der Waals surface area contributed by atoms with Gasteiger partial charge in [0.2, 0.25) is 0 Å². The second-order valence-electron chi connectivity index (χ2n) is 4.22. The topological polar surface area (TPSA) is 12.4 Å². The molecule has 1 aliphatic rings. The molecule has 18 heavy (non-hydrogen) atoms. The predicted molar refractivity (Wildman–Crippen MR) is 78.8 cm³/mol. The maximum Gasteiger partial charge on any atom is 0.101 e. The third-order valence-corrected chi connectivity index (χ3v) is 4.69. The zero-order valence-electron chi connectivity index (χ0n) is 9.77. The van der Waals surface area contributed by atoms with Gasteiger partial charge in [-0.2, -0.15) is 0 Å². The summed E-state index contributed by atoms with van der Waals surface area (Å²) in [6.45, 7) is 3.75. The molecule has 0 aromatic heterocycles. The summed E-state index contributed by atoms with van der Waals surface area (Å²) in [6, 6.07) is 14.4. The largest absolute Gasteiger partial charge is 0.288 e. The van der Waals surface area contributed by atoms with Crippen LogP contribution >= 0.6 is 23.4 Å². The molecular formula is C15H12ClNS. The van der Waals surface area contributed by atoms with Crippen LogP contribution in [0.5, 0.6) is 0 Å². The molecule has 0 radical (unpaired) electrons. The van der Waals surface area contributed by atoms with Crippen molar-refractivity contribution < 1.29 is 0 Å². The number of fused-ring (bicyclic) bond motifs is 2. The first-order valence-corrected chi connectivity index (χ1v) is 7.12. The minimum atomic E-state index is -0.00935. The van der Waals surface area contributed by atoms with Gasteiger partial charge in [0.05, 0.1) is 0 Å². The molecule has 0 spiro atoms. The van der Waals surface area contributed by atoms with Crippen molar-refractivity contribution >= 4 is 30.1 Å². The summed E-state index contributed by atoms with van der Waals surface area (Å²) in [5.41, 5.74) is 3.58. The van der Waals surface area contributed by atoms with Gasteiger partial charge in [0.1, 0.15) is 6.04 Å². The molecule has 1 atom stereocenters. The first kappa shape index (κ1) is 11.8. The van der Waals surface area contributed by atoms with Crippen LogP contribution in [0.1, 0.15) is 22.7 Å². The van der Waals surface area contributed by atoms with Gasteiger partial charge in [-0.05, 0) is 35.5 Å².